The summed E-state index contributed by atoms with van der Waals surface area (Å²) in [5.74, 6) is 0.709. The quantitative estimate of drug-likeness (QED) is 0.477. The number of hydrogen-bond donors (Lipinski definition) is 0. The Morgan fingerprint density at radius 2 is 2.10 bits per heavy atom. The lowest BCUT2D eigenvalue weighted by Crippen LogP contribution is -1.94. The molecule has 1 rings (SSSR count). The molecule has 0 spiro atoms. The Morgan fingerprint density at radius 1 is 1.30 bits per heavy atom. The van der Waals surface area contributed by atoms with Crippen LogP contribution in [0.15, 0.2) is 36.0 Å². The van der Waals surface area contributed by atoms with Gasteiger partial charge in [-0.15, -0.1) is 0 Å². The van der Waals surface area contributed by atoms with Gasteiger partial charge in [0, 0.05) is 0 Å². The maximum Gasteiger partial charge on any atom is -0.0197 e. The summed E-state index contributed by atoms with van der Waals surface area (Å²) in [6.07, 6.45) is 11.9. The van der Waals surface area contributed by atoms with Gasteiger partial charge in [0.1, 0.15) is 0 Å². The molecule has 1 atom stereocenters. The summed E-state index contributed by atoms with van der Waals surface area (Å²) in [5, 5.41) is 0. The summed E-state index contributed by atoms with van der Waals surface area (Å²) in [6.45, 7) is 4.45. The lowest BCUT2D eigenvalue weighted by molar-refractivity contribution is 0.694. The predicted molar refractivity (Wildman–Crippen MR) is 45.8 cm³/mol. The molecule has 0 aromatic carbocycles. The Kier molecular flexibility index (Phi) is 2.49. The van der Waals surface area contributed by atoms with Gasteiger partial charge in [-0.1, -0.05) is 42.9 Å². The van der Waals surface area contributed by atoms with Gasteiger partial charge in [0.15, 0.2) is 0 Å². The average molecular weight is 134 g/mol. The number of hydrogen-bond acceptors (Lipinski definition) is 0. The molecule has 0 N–H and O–H groups in total. The predicted octanol–water partition coefficient (Wildman–Crippen LogP) is 3.08. The van der Waals surface area contributed by atoms with Crippen molar-refractivity contribution >= 4 is 0 Å². The molecule has 0 aromatic rings. The van der Waals surface area contributed by atoms with Crippen molar-refractivity contribution in [2.24, 2.45) is 5.92 Å². The van der Waals surface area contributed by atoms with Gasteiger partial charge in [-0.25, -0.2) is 0 Å². The fourth-order valence-electron chi connectivity index (χ4n) is 0.983. The van der Waals surface area contributed by atoms with Gasteiger partial charge in [0.05, 0.1) is 0 Å². The fourth-order valence-corrected chi connectivity index (χ4v) is 0.983. The van der Waals surface area contributed by atoms with E-state index in [1.54, 1.807) is 0 Å². The number of allylic oxidation sites excluding steroid dienone is 6. The van der Waals surface area contributed by atoms with Crippen molar-refractivity contribution in [2.45, 2.75) is 20.3 Å². The highest BCUT2D eigenvalue weighted by Crippen LogP contribution is 2.15. The summed E-state index contributed by atoms with van der Waals surface area (Å²) in [7, 11) is 0. The van der Waals surface area contributed by atoms with Crippen LogP contribution in [0.4, 0.5) is 0 Å². The lowest BCUT2D eigenvalue weighted by atomic mass is 9.97. The first-order valence-electron chi connectivity index (χ1n) is 3.80. The zero-order valence-corrected chi connectivity index (χ0v) is 6.67. The Balaban J connectivity index is 2.73. The van der Waals surface area contributed by atoms with Crippen molar-refractivity contribution in [1.29, 1.82) is 0 Å². The zero-order chi connectivity index (χ0) is 7.40. The molecular weight excluding hydrogens is 120 g/mol. The van der Waals surface area contributed by atoms with Crippen molar-refractivity contribution in [3.05, 3.63) is 36.0 Å². The molecule has 0 aliphatic heterocycles. The van der Waals surface area contributed by atoms with E-state index in [1.807, 2.05) is 0 Å². The second-order valence-electron chi connectivity index (χ2n) is 2.86. The van der Waals surface area contributed by atoms with Crippen LogP contribution in [0.5, 0.6) is 0 Å². The van der Waals surface area contributed by atoms with E-state index in [9.17, 15) is 0 Å². The smallest absolute Gasteiger partial charge is 0.0197 e. The molecule has 54 valence electrons. The Hall–Kier alpha value is -0.780. The molecule has 0 radical (unpaired) electrons. The monoisotopic (exact) mass is 134 g/mol. The fraction of sp³-hybridized carbons (Fsp3) is 0.400. The van der Waals surface area contributed by atoms with E-state index in [1.165, 1.54) is 12.0 Å². The van der Waals surface area contributed by atoms with Gasteiger partial charge in [0.25, 0.3) is 0 Å². The van der Waals surface area contributed by atoms with Crippen LogP contribution in [-0.4, -0.2) is 0 Å². The minimum absolute atomic E-state index is 0.709. The van der Waals surface area contributed by atoms with Crippen LogP contribution in [0.25, 0.3) is 0 Å². The topological polar surface area (TPSA) is 0 Å². The summed E-state index contributed by atoms with van der Waals surface area (Å²) in [4.78, 5) is 0. The Bertz CT molecular complexity index is 182. The van der Waals surface area contributed by atoms with Gasteiger partial charge in [-0.05, 0) is 19.3 Å². The third kappa shape index (κ3) is 1.87. The second kappa shape index (κ2) is 3.40. The minimum Gasteiger partial charge on any atom is -0.0840 e. The molecule has 0 saturated heterocycles. The first-order chi connectivity index (χ1) is 4.80. The van der Waals surface area contributed by atoms with Crippen LogP contribution in [-0.2, 0) is 0 Å². The van der Waals surface area contributed by atoms with E-state index in [2.05, 4.69) is 44.2 Å². The molecule has 0 saturated carbocycles. The molecule has 0 nitrogen and oxygen atoms in total. The van der Waals surface area contributed by atoms with Gasteiger partial charge in [0.2, 0.25) is 0 Å². The van der Waals surface area contributed by atoms with E-state index in [0.717, 1.165) is 0 Å². The third-order valence-electron chi connectivity index (χ3n) is 1.98. The Morgan fingerprint density at radius 3 is 2.90 bits per heavy atom. The van der Waals surface area contributed by atoms with Crippen LogP contribution >= 0.6 is 0 Å². The van der Waals surface area contributed by atoms with Crippen LogP contribution in [0, 0.1) is 5.92 Å². The summed E-state index contributed by atoms with van der Waals surface area (Å²) >= 11 is 0. The lowest BCUT2D eigenvalue weighted by Gasteiger charge is -2.08. The maximum atomic E-state index is 2.26. The molecule has 0 aromatic heterocycles. The van der Waals surface area contributed by atoms with Gasteiger partial charge in [-0.2, -0.15) is 0 Å². The molecule has 0 amide bonds. The molecule has 1 aliphatic rings. The first-order valence-corrected chi connectivity index (χ1v) is 3.80. The Labute approximate surface area is 62.9 Å². The standard InChI is InChI=1S/C10H14/c1-9-7-5-3-4-6-8-10(9)2/h3-7,10H,8H2,1-2H3. The summed E-state index contributed by atoms with van der Waals surface area (Å²) < 4.78 is 0. The molecule has 10 heavy (non-hydrogen) atoms. The minimum atomic E-state index is 0.709. The number of rotatable bonds is 0. The molecule has 0 bridgehead atoms. The highest BCUT2D eigenvalue weighted by atomic mass is 14.1. The van der Waals surface area contributed by atoms with Crippen LogP contribution in [0.1, 0.15) is 20.3 Å². The van der Waals surface area contributed by atoms with E-state index in [0.29, 0.717) is 5.92 Å². The van der Waals surface area contributed by atoms with Crippen LogP contribution in [0.3, 0.4) is 0 Å². The maximum absolute atomic E-state index is 2.26. The zero-order valence-electron chi connectivity index (χ0n) is 6.67. The van der Waals surface area contributed by atoms with Gasteiger partial charge < -0.3 is 0 Å². The first kappa shape index (κ1) is 7.33. The van der Waals surface area contributed by atoms with Crippen molar-refractivity contribution in [2.75, 3.05) is 0 Å². The van der Waals surface area contributed by atoms with Gasteiger partial charge in [-0.3, -0.25) is 0 Å². The average Bonchev–Trinajstić information content (AvgIpc) is 1.92. The molecule has 0 heterocycles. The van der Waals surface area contributed by atoms with E-state index in [4.69, 9.17) is 0 Å². The molecule has 1 aliphatic carbocycles. The third-order valence-corrected chi connectivity index (χ3v) is 1.98. The highest BCUT2D eigenvalue weighted by molar-refractivity contribution is 5.19. The largest absolute Gasteiger partial charge is 0.0840 e. The second-order valence-corrected chi connectivity index (χ2v) is 2.86. The van der Waals surface area contributed by atoms with Crippen LogP contribution in [0.2, 0.25) is 0 Å². The van der Waals surface area contributed by atoms with Crippen molar-refractivity contribution in [3.63, 3.8) is 0 Å². The SMILES string of the molecule is CC1=CC=CC=CCC1C. The van der Waals surface area contributed by atoms with Crippen molar-refractivity contribution in [3.8, 4) is 0 Å². The van der Waals surface area contributed by atoms with E-state index in [-0.39, 0.29) is 0 Å². The molecule has 1 unspecified atom stereocenters. The normalized spacial score (nSPS) is 25.4. The van der Waals surface area contributed by atoms with Crippen molar-refractivity contribution < 1.29 is 0 Å². The molecule has 0 heteroatoms. The van der Waals surface area contributed by atoms with E-state index < -0.39 is 0 Å². The molecule has 0 fully saturated rings. The van der Waals surface area contributed by atoms with E-state index >= 15 is 0 Å². The van der Waals surface area contributed by atoms with Gasteiger partial charge >= 0.3 is 0 Å². The van der Waals surface area contributed by atoms with Crippen LogP contribution < -0.4 is 0 Å². The molecular formula is C10H14. The van der Waals surface area contributed by atoms with Crippen molar-refractivity contribution in [1.82, 2.24) is 0 Å². The summed E-state index contributed by atoms with van der Waals surface area (Å²) in [6, 6.07) is 0. The highest BCUT2D eigenvalue weighted by Gasteiger charge is 2.00. The summed E-state index contributed by atoms with van der Waals surface area (Å²) in [5.41, 5.74) is 1.47.